The van der Waals surface area contributed by atoms with Gasteiger partial charge in [-0.2, -0.15) is 26.3 Å². The van der Waals surface area contributed by atoms with Crippen LogP contribution in [0.3, 0.4) is 0 Å². The Hall–Kier alpha value is -1.35. The average Bonchev–Trinajstić information content (AvgIpc) is 2.73. The summed E-state index contributed by atoms with van der Waals surface area (Å²) in [6.45, 7) is 13.2. The summed E-state index contributed by atoms with van der Waals surface area (Å²) in [6.07, 6.45) is 2.95. The number of carboxylic acid groups (broad SMARTS) is 1. The van der Waals surface area contributed by atoms with Crippen molar-refractivity contribution in [3.05, 3.63) is 0 Å². The Morgan fingerprint density at radius 1 is 1.05 bits per heavy atom. The zero-order chi connectivity index (χ0) is 29.3. The summed E-state index contributed by atoms with van der Waals surface area (Å²) in [5.74, 6) is -1.38. The first-order chi connectivity index (χ1) is 16.6. The van der Waals surface area contributed by atoms with Crippen LogP contribution >= 0.6 is 12.6 Å². The normalized spacial score (nSPS) is 17.6. The Balaban J connectivity index is 5.59. The molecule has 9 nitrogen and oxygen atoms in total. The average molecular weight is 565 g/mol. The molecule has 0 heterocycles. The van der Waals surface area contributed by atoms with Gasteiger partial charge in [-0.05, 0) is 45.4 Å². The third kappa shape index (κ3) is 11.1. The van der Waals surface area contributed by atoms with E-state index in [1.807, 2.05) is 48.7 Å². The molecule has 3 unspecified atom stereocenters. The number of carbonyl (C=O) groups is 2. The molecule has 3 N–H and O–H groups in total. The fourth-order valence-electron chi connectivity index (χ4n) is 4.95. The van der Waals surface area contributed by atoms with Crippen LogP contribution in [-0.4, -0.2) is 78.7 Å². The number of nitrogens with one attached hydrogen (secondary N) is 1. The summed E-state index contributed by atoms with van der Waals surface area (Å²) in [6, 6.07) is 2.34. The van der Waals surface area contributed by atoms with Crippen molar-refractivity contribution in [3.63, 3.8) is 0 Å². The van der Waals surface area contributed by atoms with Crippen LogP contribution in [-0.2, 0) is 19.7 Å². The number of hydrogen-bond donors (Lipinski definition) is 4. The second kappa shape index (κ2) is 13.6. The molecule has 0 rings (SSSR count). The lowest BCUT2D eigenvalue weighted by molar-refractivity contribution is -0.890. The van der Waals surface area contributed by atoms with Gasteiger partial charge in [-0.15, -0.1) is 0 Å². The standard InChI is InChI=1S/C26H49N3O6S2/c1-9-13-26(6,36)25(5,19-23(2,3)24(4,20-27)14-12-21(30)31)22(32)28-15-10-16-29(7,8)17-11-18-37(33,34)35/h9-19H2,1-8H3,(H3-,28,30,31,32,33,34,35,36)/p+1. The lowest BCUT2D eigenvalue weighted by Crippen LogP contribution is -2.55. The molecular weight excluding hydrogens is 514 g/mol. The highest BCUT2D eigenvalue weighted by Crippen LogP contribution is 2.54. The Morgan fingerprint density at radius 2 is 1.59 bits per heavy atom. The van der Waals surface area contributed by atoms with Gasteiger partial charge in [0.15, 0.2) is 0 Å². The molecule has 3 atom stereocenters. The Bertz CT molecular complexity index is 927. The molecule has 0 radical (unpaired) electrons. The van der Waals surface area contributed by atoms with E-state index in [0.29, 0.717) is 49.8 Å². The number of carbonyl (C=O) groups excluding carboxylic acids is 1. The second-order valence-corrected chi connectivity index (χ2v) is 14.9. The molecule has 216 valence electrons. The highest BCUT2D eigenvalue weighted by Gasteiger charge is 2.54. The van der Waals surface area contributed by atoms with Crippen molar-refractivity contribution in [1.82, 2.24) is 5.32 Å². The van der Waals surface area contributed by atoms with Crippen molar-refractivity contribution in [1.29, 1.82) is 5.26 Å². The van der Waals surface area contributed by atoms with Gasteiger partial charge in [0.25, 0.3) is 10.1 Å². The fourth-order valence-corrected chi connectivity index (χ4v) is 5.85. The largest absolute Gasteiger partial charge is 0.481 e. The molecule has 0 bridgehead atoms. The summed E-state index contributed by atoms with van der Waals surface area (Å²) < 4.78 is 30.8. The molecule has 0 aromatic rings. The second-order valence-electron chi connectivity index (χ2n) is 12.4. The number of nitrogens with zero attached hydrogens (tertiary/aromatic N) is 2. The predicted molar refractivity (Wildman–Crippen MR) is 150 cm³/mol. The first-order valence-corrected chi connectivity index (χ1v) is 15.0. The summed E-state index contributed by atoms with van der Waals surface area (Å²) in [5, 5.41) is 22.3. The number of aliphatic carboxylic acids is 1. The summed E-state index contributed by atoms with van der Waals surface area (Å²) in [7, 11) is -0.0243. The maximum Gasteiger partial charge on any atom is 0.303 e. The van der Waals surface area contributed by atoms with Crippen LogP contribution in [0.15, 0.2) is 0 Å². The van der Waals surface area contributed by atoms with E-state index in [1.54, 1.807) is 6.92 Å². The SMILES string of the molecule is CCCC(C)(S)C(C)(CC(C)(C)C(C)(C#N)CCC(=O)O)C(=O)NCCC[N+](C)(C)CCCS(=O)(=O)O. The molecule has 1 amide bonds. The van der Waals surface area contributed by atoms with Gasteiger partial charge in [-0.25, -0.2) is 0 Å². The predicted octanol–water partition coefficient (Wildman–Crippen LogP) is 4.15. The van der Waals surface area contributed by atoms with Gasteiger partial charge >= 0.3 is 5.97 Å². The maximum atomic E-state index is 13.7. The first kappa shape index (κ1) is 35.6. The van der Waals surface area contributed by atoms with E-state index in [0.717, 1.165) is 6.42 Å². The van der Waals surface area contributed by atoms with Gasteiger partial charge in [0.1, 0.15) is 0 Å². The van der Waals surface area contributed by atoms with Crippen LogP contribution in [0, 0.1) is 27.6 Å². The van der Waals surface area contributed by atoms with E-state index in [9.17, 15) is 28.4 Å². The van der Waals surface area contributed by atoms with Crippen LogP contribution in [0.5, 0.6) is 0 Å². The maximum absolute atomic E-state index is 13.7. The van der Waals surface area contributed by atoms with Crippen LogP contribution < -0.4 is 5.32 Å². The first-order valence-electron chi connectivity index (χ1n) is 13.0. The van der Waals surface area contributed by atoms with Crippen molar-refractivity contribution in [2.75, 3.05) is 39.5 Å². The van der Waals surface area contributed by atoms with Gasteiger partial charge in [-0.1, -0.05) is 27.2 Å². The zero-order valence-corrected chi connectivity index (χ0v) is 25.8. The third-order valence-electron chi connectivity index (χ3n) is 8.19. The molecule has 0 aromatic carbocycles. The fraction of sp³-hybridized carbons (Fsp3) is 0.885. The van der Waals surface area contributed by atoms with Gasteiger partial charge in [0.05, 0.1) is 49.8 Å². The molecule has 0 aliphatic carbocycles. The van der Waals surface area contributed by atoms with Gasteiger partial charge in [-0.3, -0.25) is 14.1 Å². The third-order valence-corrected chi connectivity index (χ3v) is 9.71. The van der Waals surface area contributed by atoms with Crippen molar-refractivity contribution >= 4 is 34.6 Å². The molecule has 0 aliphatic rings. The van der Waals surface area contributed by atoms with Crippen molar-refractivity contribution in [2.45, 2.75) is 91.2 Å². The van der Waals surface area contributed by atoms with E-state index in [4.69, 9.17) is 17.2 Å². The minimum absolute atomic E-state index is 0.123. The number of hydrogen-bond acceptors (Lipinski definition) is 6. The van der Waals surface area contributed by atoms with Gasteiger partial charge < -0.3 is 14.9 Å². The highest BCUT2D eigenvalue weighted by molar-refractivity contribution is 7.85. The number of amides is 1. The van der Waals surface area contributed by atoms with E-state index in [-0.39, 0.29) is 24.5 Å². The van der Waals surface area contributed by atoms with Crippen molar-refractivity contribution < 1.29 is 32.1 Å². The van der Waals surface area contributed by atoms with E-state index < -0.39 is 37.1 Å². The Kier molecular flexibility index (Phi) is 13.1. The Morgan fingerprint density at radius 3 is 2.05 bits per heavy atom. The van der Waals surface area contributed by atoms with Gasteiger partial charge in [0, 0.05) is 30.6 Å². The van der Waals surface area contributed by atoms with E-state index >= 15 is 0 Å². The molecule has 0 aliphatic heterocycles. The van der Waals surface area contributed by atoms with Crippen LogP contribution in [0.1, 0.15) is 86.5 Å². The number of rotatable bonds is 18. The molecule has 0 aromatic heterocycles. The van der Waals surface area contributed by atoms with Crippen molar-refractivity contribution in [3.8, 4) is 6.07 Å². The Labute approximate surface area is 230 Å². The quantitative estimate of drug-likeness (QED) is 0.0847. The number of thiol groups is 1. The minimum atomic E-state index is -3.98. The van der Waals surface area contributed by atoms with Crippen LogP contribution in [0.2, 0.25) is 0 Å². The lowest BCUT2D eigenvalue weighted by atomic mass is 9.56. The molecule has 0 saturated heterocycles. The number of nitriles is 1. The highest BCUT2D eigenvalue weighted by atomic mass is 32.2. The summed E-state index contributed by atoms with van der Waals surface area (Å²) >= 11 is 4.95. The number of carboxylic acids is 1. The lowest BCUT2D eigenvalue weighted by Gasteiger charge is -2.50. The number of quaternary nitrogens is 1. The molecule has 0 saturated carbocycles. The molecule has 37 heavy (non-hydrogen) atoms. The van der Waals surface area contributed by atoms with Crippen LogP contribution in [0.25, 0.3) is 0 Å². The molecule has 0 fully saturated rings. The zero-order valence-electron chi connectivity index (χ0n) is 24.1. The smallest absolute Gasteiger partial charge is 0.303 e. The molecular formula is C26H50N3O6S2+. The van der Waals surface area contributed by atoms with E-state index in [2.05, 4.69) is 11.4 Å². The molecule has 0 spiro atoms. The van der Waals surface area contributed by atoms with Gasteiger partial charge in [0.2, 0.25) is 5.91 Å². The van der Waals surface area contributed by atoms with Crippen LogP contribution in [0.4, 0.5) is 0 Å². The minimum Gasteiger partial charge on any atom is -0.481 e. The molecule has 11 heteroatoms. The monoisotopic (exact) mass is 564 g/mol. The van der Waals surface area contributed by atoms with E-state index in [1.165, 1.54) is 0 Å². The summed E-state index contributed by atoms with van der Waals surface area (Å²) in [4.78, 5) is 24.9. The van der Waals surface area contributed by atoms with Crippen molar-refractivity contribution in [2.24, 2.45) is 16.2 Å². The summed E-state index contributed by atoms with van der Waals surface area (Å²) in [5.41, 5.74) is -2.56. The topological polar surface area (TPSA) is 145 Å².